The van der Waals surface area contributed by atoms with Gasteiger partial charge in [-0.3, -0.25) is 4.98 Å². The molecule has 0 amide bonds. The van der Waals surface area contributed by atoms with Crippen LogP contribution in [0.3, 0.4) is 0 Å². The highest BCUT2D eigenvalue weighted by molar-refractivity contribution is 5.55. The van der Waals surface area contributed by atoms with E-state index >= 15 is 0 Å². The SMILES string of the molecule is Cc1cc(-c2noc([C@H]3C[C@@H](O)CN3)n2)cc(C)n1. The molecule has 0 aromatic carbocycles. The summed E-state index contributed by atoms with van der Waals surface area (Å²) in [5.74, 6) is 1.09. The van der Waals surface area contributed by atoms with Crippen molar-refractivity contribution in [3.05, 3.63) is 29.4 Å². The predicted molar refractivity (Wildman–Crippen MR) is 68.4 cm³/mol. The Kier molecular flexibility index (Phi) is 3.04. The lowest BCUT2D eigenvalue weighted by atomic mass is 10.2. The largest absolute Gasteiger partial charge is 0.392 e. The van der Waals surface area contributed by atoms with Crippen LogP contribution in [0, 0.1) is 13.8 Å². The molecule has 0 aliphatic carbocycles. The van der Waals surface area contributed by atoms with Gasteiger partial charge in [-0.25, -0.2) is 0 Å². The summed E-state index contributed by atoms with van der Waals surface area (Å²) in [6, 6.07) is 3.80. The van der Waals surface area contributed by atoms with Crippen molar-refractivity contribution < 1.29 is 9.63 Å². The van der Waals surface area contributed by atoms with Crippen LogP contribution in [0.2, 0.25) is 0 Å². The second kappa shape index (κ2) is 4.71. The maximum Gasteiger partial charge on any atom is 0.244 e. The Labute approximate surface area is 110 Å². The molecule has 6 nitrogen and oxygen atoms in total. The third-order valence-corrected chi connectivity index (χ3v) is 3.19. The van der Waals surface area contributed by atoms with Crippen LogP contribution in [0.5, 0.6) is 0 Å². The zero-order chi connectivity index (χ0) is 13.4. The van der Waals surface area contributed by atoms with Gasteiger partial charge < -0.3 is 14.9 Å². The summed E-state index contributed by atoms with van der Waals surface area (Å²) in [7, 11) is 0. The Hall–Kier alpha value is -1.79. The van der Waals surface area contributed by atoms with Crippen LogP contribution in [0.1, 0.15) is 29.7 Å². The number of aromatic nitrogens is 3. The minimum Gasteiger partial charge on any atom is -0.392 e. The van der Waals surface area contributed by atoms with E-state index in [4.69, 9.17) is 4.52 Å². The molecule has 0 radical (unpaired) electrons. The van der Waals surface area contributed by atoms with Gasteiger partial charge in [-0.05, 0) is 32.4 Å². The summed E-state index contributed by atoms with van der Waals surface area (Å²) < 4.78 is 5.28. The van der Waals surface area contributed by atoms with Crippen LogP contribution >= 0.6 is 0 Å². The molecule has 6 heteroatoms. The molecule has 2 N–H and O–H groups in total. The van der Waals surface area contributed by atoms with Gasteiger partial charge >= 0.3 is 0 Å². The van der Waals surface area contributed by atoms with E-state index in [9.17, 15) is 5.11 Å². The zero-order valence-corrected chi connectivity index (χ0v) is 10.9. The molecule has 3 rings (SSSR count). The van der Waals surface area contributed by atoms with Gasteiger partial charge in [-0.1, -0.05) is 5.16 Å². The average molecular weight is 260 g/mol. The lowest BCUT2D eigenvalue weighted by Gasteiger charge is -2.02. The molecule has 100 valence electrons. The van der Waals surface area contributed by atoms with Crippen LogP contribution in [0.15, 0.2) is 16.7 Å². The molecule has 3 heterocycles. The minimum atomic E-state index is -0.342. The van der Waals surface area contributed by atoms with E-state index in [0.29, 0.717) is 24.7 Å². The Morgan fingerprint density at radius 3 is 2.63 bits per heavy atom. The Morgan fingerprint density at radius 1 is 1.26 bits per heavy atom. The fourth-order valence-corrected chi connectivity index (χ4v) is 2.36. The van der Waals surface area contributed by atoms with E-state index < -0.39 is 0 Å². The summed E-state index contributed by atoms with van der Waals surface area (Å²) in [6.07, 6.45) is 0.265. The second-order valence-corrected chi connectivity index (χ2v) is 4.95. The smallest absolute Gasteiger partial charge is 0.244 e. The predicted octanol–water partition coefficient (Wildman–Crippen LogP) is 1.14. The molecule has 1 aliphatic rings. The lowest BCUT2D eigenvalue weighted by Crippen LogP contribution is -2.15. The normalized spacial score (nSPS) is 22.9. The van der Waals surface area contributed by atoms with Gasteiger partial charge in [0.15, 0.2) is 0 Å². The summed E-state index contributed by atoms with van der Waals surface area (Å²) in [5.41, 5.74) is 2.75. The van der Waals surface area contributed by atoms with Crippen molar-refractivity contribution in [3.8, 4) is 11.4 Å². The summed E-state index contributed by atoms with van der Waals surface area (Å²) >= 11 is 0. The number of pyridine rings is 1. The Balaban J connectivity index is 1.88. The molecular weight excluding hydrogens is 244 g/mol. The van der Waals surface area contributed by atoms with Crippen molar-refractivity contribution in [2.75, 3.05) is 6.54 Å². The van der Waals surface area contributed by atoms with Crippen LogP contribution in [-0.2, 0) is 0 Å². The minimum absolute atomic E-state index is 0.0553. The number of nitrogens with one attached hydrogen (secondary N) is 1. The molecule has 0 saturated carbocycles. The van der Waals surface area contributed by atoms with Gasteiger partial charge in [-0.15, -0.1) is 0 Å². The first-order valence-electron chi connectivity index (χ1n) is 6.32. The molecule has 19 heavy (non-hydrogen) atoms. The molecule has 1 fully saturated rings. The Morgan fingerprint density at radius 2 is 2.00 bits per heavy atom. The molecule has 2 atom stereocenters. The maximum atomic E-state index is 9.50. The average Bonchev–Trinajstić information content (AvgIpc) is 2.95. The van der Waals surface area contributed by atoms with Crippen LogP contribution in [0.4, 0.5) is 0 Å². The first kappa shape index (κ1) is 12.3. The Bertz CT molecular complexity index is 576. The van der Waals surface area contributed by atoms with Gasteiger partial charge in [0.2, 0.25) is 11.7 Å². The highest BCUT2D eigenvalue weighted by atomic mass is 16.5. The molecule has 0 bridgehead atoms. The van der Waals surface area contributed by atoms with Gasteiger partial charge in [0.1, 0.15) is 0 Å². The number of aryl methyl sites for hydroxylation is 2. The number of aliphatic hydroxyl groups excluding tert-OH is 1. The number of hydrogen-bond acceptors (Lipinski definition) is 6. The molecular formula is C13H16N4O2. The lowest BCUT2D eigenvalue weighted by molar-refractivity contribution is 0.191. The van der Waals surface area contributed by atoms with Crippen molar-refractivity contribution in [1.82, 2.24) is 20.4 Å². The number of hydrogen-bond donors (Lipinski definition) is 2. The van der Waals surface area contributed by atoms with Gasteiger partial charge in [-0.2, -0.15) is 4.98 Å². The first-order valence-corrected chi connectivity index (χ1v) is 6.32. The van der Waals surface area contributed by atoms with Gasteiger partial charge in [0, 0.05) is 23.5 Å². The number of nitrogens with zero attached hydrogens (tertiary/aromatic N) is 3. The van der Waals surface area contributed by atoms with E-state index in [1.807, 2.05) is 26.0 Å². The molecule has 1 aliphatic heterocycles. The molecule has 0 spiro atoms. The third-order valence-electron chi connectivity index (χ3n) is 3.19. The van der Waals surface area contributed by atoms with E-state index in [2.05, 4.69) is 20.4 Å². The first-order chi connectivity index (χ1) is 9.11. The van der Waals surface area contributed by atoms with Crippen molar-refractivity contribution >= 4 is 0 Å². The van der Waals surface area contributed by atoms with Crippen molar-refractivity contribution in [2.24, 2.45) is 0 Å². The van der Waals surface area contributed by atoms with Crippen molar-refractivity contribution in [3.63, 3.8) is 0 Å². The molecule has 1 saturated heterocycles. The standard InChI is InChI=1S/C13H16N4O2/c1-7-3-9(4-8(2)15-7)12-16-13(19-17-12)11-5-10(18)6-14-11/h3-4,10-11,14,18H,5-6H2,1-2H3/t10-,11-/m1/s1. The second-order valence-electron chi connectivity index (χ2n) is 4.95. The number of β-amino-alcohol motifs (C(OH)–C–C–N with tert-alkyl or cyclic N) is 1. The number of rotatable bonds is 2. The molecule has 2 aromatic heterocycles. The van der Waals surface area contributed by atoms with E-state index in [-0.39, 0.29) is 12.1 Å². The fraction of sp³-hybridized carbons (Fsp3) is 0.462. The highest BCUT2D eigenvalue weighted by Crippen LogP contribution is 2.25. The topological polar surface area (TPSA) is 84.1 Å². The van der Waals surface area contributed by atoms with Gasteiger partial charge in [0.05, 0.1) is 12.1 Å². The number of aliphatic hydroxyl groups is 1. The van der Waals surface area contributed by atoms with Crippen LogP contribution in [-0.4, -0.2) is 32.9 Å². The van der Waals surface area contributed by atoms with E-state index in [0.717, 1.165) is 17.0 Å². The monoisotopic (exact) mass is 260 g/mol. The fourth-order valence-electron chi connectivity index (χ4n) is 2.36. The van der Waals surface area contributed by atoms with Crippen LogP contribution < -0.4 is 5.32 Å². The quantitative estimate of drug-likeness (QED) is 0.842. The maximum absolute atomic E-state index is 9.50. The summed E-state index contributed by atoms with van der Waals surface area (Å²) in [6.45, 7) is 4.44. The molecule has 0 unspecified atom stereocenters. The highest BCUT2D eigenvalue weighted by Gasteiger charge is 2.28. The zero-order valence-electron chi connectivity index (χ0n) is 10.9. The summed E-state index contributed by atoms with van der Waals surface area (Å²) in [4.78, 5) is 8.72. The molecule has 2 aromatic rings. The van der Waals surface area contributed by atoms with Gasteiger partial charge in [0.25, 0.3) is 0 Å². The van der Waals surface area contributed by atoms with Crippen molar-refractivity contribution in [2.45, 2.75) is 32.4 Å². The van der Waals surface area contributed by atoms with Crippen molar-refractivity contribution in [1.29, 1.82) is 0 Å². The third kappa shape index (κ3) is 2.50. The van der Waals surface area contributed by atoms with E-state index in [1.165, 1.54) is 0 Å². The summed E-state index contributed by atoms with van der Waals surface area (Å²) in [5, 5.41) is 16.7. The van der Waals surface area contributed by atoms with Crippen LogP contribution in [0.25, 0.3) is 11.4 Å². The van der Waals surface area contributed by atoms with E-state index in [1.54, 1.807) is 0 Å².